The molecule has 0 bridgehead atoms. The summed E-state index contributed by atoms with van der Waals surface area (Å²) in [6.45, 7) is 5.57. The third kappa shape index (κ3) is 4.53. The zero-order valence-electron chi connectivity index (χ0n) is 16.1. The van der Waals surface area contributed by atoms with Gasteiger partial charge in [0.2, 0.25) is 5.91 Å². The number of piperidine rings is 1. The molecule has 3 fully saturated rings. The second-order valence-corrected chi connectivity index (χ2v) is 9.15. The summed E-state index contributed by atoms with van der Waals surface area (Å²) in [7, 11) is 0. The molecule has 0 aromatic carbocycles. The van der Waals surface area contributed by atoms with Gasteiger partial charge >= 0.3 is 0 Å². The molecule has 2 aliphatic heterocycles. The SMILES string of the molecule is O=C(C1CCCCC1)N1CCC(O)(c2csc(CN3CCOCC3)n2)CC1. The summed E-state index contributed by atoms with van der Waals surface area (Å²) in [6.07, 6.45) is 6.88. The molecule has 1 aliphatic carbocycles. The minimum Gasteiger partial charge on any atom is -0.383 e. The van der Waals surface area contributed by atoms with E-state index >= 15 is 0 Å². The highest BCUT2D eigenvalue weighted by atomic mass is 32.1. The van der Waals surface area contributed by atoms with Gasteiger partial charge < -0.3 is 14.7 Å². The fraction of sp³-hybridized carbons (Fsp3) is 0.800. The van der Waals surface area contributed by atoms with Crippen molar-refractivity contribution < 1.29 is 14.6 Å². The topological polar surface area (TPSA) is 65.9 Å². The molecule has 1 amide bonds. The van der Waals surface area contributed by atoms with Gasteiger partial charge in [0.25, 0.3) is 0 Å². The normalized spacial score (nSPS) is 24.9. The predicted octanol–water partition coefficient (Wildman–Crippen LogP) is 2.37. The molecule has 1 aromatic heterocycles. The van der Waals surface area contributed by atoms with Gasteiger partial charge in [-0.05, 0) is 25.7 Å². The van der Waals surface area contributed by atoms with Crippen molar-refractivity contribution in [2.24, 2.45) is 5.92 Å². The van der Waals surface area contributed by atoms with Crippen LogP contribution in [0.5, 0.6) is 0 Å². The number of ether oxygens (including phenoxy) is 1. The molecule has 0 atom stereocenters. The number of hydrogen-bond acceptors (Lipinski definition) is 6. The molecule has 7 heteroatoms. The predicted molar refractivity (Wildman–Crippen MR) is 104 cm³/mol. The van der Waals surface area contributed by atoms with Gasteiger partial charge in [0, 0.05) is 37.5 Å². The number of aromatic nitrogens is 1. The maximum Gasteiger partial charge on any atom is 0.225 e. The number of carbonyl (C=O) groups is 1. The second-order valence-electron chi connectivity index (χ2n) is 8.21. The van der Waals surface area contributed by atoms with E-state index < -0.39 is 5.60 Å². The minimum atomic E-state index is -0.886. The number of hydrogen-bond donors (Lipinski definition) is 1. The number of carbonyl (C=O) groups excluding carboxylic acids is 1. The van der Waals surface area contributed by atoms with Crippen LogP contribution in [0.1, 0.15) is 55.6 Å². The molecule has 3 aliphatic rings. The molecule has 0 spiro atoms. The Kier molecular flexibility index (Phi) is 6.12. The minimum absolute atomic E-state index is 0.212. The second kappa shape index (κ2) is 8.55. The zero-order valence-corrected chi connectivity index (χ0v) is 16.9. The summed E-state index contributed by atoms with van der Waals surface area (Å²) in [4.78, 5) is 21.8. The van der Waals surface area contributed by atoms with Gasteiger partial charge in [-0.25, -0.2) is 4.98 Å². The zero-order chi connectivity index (χ0) is 18.7. The average molecular weight is 394 g/mol. The summed E-state index contributed by atoms with van der Waals surface area (Å²) in [6, 6.07) is 0. The fourth-order valence-electron chi connectivity index (χ4n) is 4.51. The number of likely N-dealkylation sites (tertiary alicyclic amines) is 1. The largest absolute Gasteiger partial charge is 0.383 e. The van der Waals surface area contributed by atoms with Gasteiger partial charge in [-0.3, -0.25) is 9.69 Å². The van der Waals surface area contributed by atoms with Crippen LogP contribution in [0, 0.1) is 5.92 Å². The van der Waals surface area contributed by atoms with Gasteiger partial charge in [-0.2, -0.15) is 0 Å². The summed E-state index contributed by atoms with van der Waals surface area (Å²) in [5.41, 5.74) is -0.0937. The van der Waals surface area contributed by atoms with Crippen LogP contribution in [-0.2, 0) is 21.7 Å². The van der Waals surface area contributed by atoms with Crippen LogP contribution >= 0.6 is 11.3 Å². The van der Waals surface area contributed by atoms with Gasteiger partial charge in [0.15, 0.2) is 0 Å². The number of rotatable bonds is 4. The molecule has 0 unspecified atom stereocenters. The van der Waals surface area contributed by atoms with Crippen molar-refractivity contribution in [1.82, 2.24) is 14.8 Å². The van der Waals surface area contributed by atoms with Gasteiger partial charge in [-0.15, -0.1) is 11.3 Å². The lowest BCUT2D eigenvalue weighted by atomic mass is 9.85. The highest BCUT2D eigenvalue weighted by Crippen LogP contribution is 2.35. The maximum atomic E-state index is 12.7. The summed E-state index contributed by atoms with van der Waals surface area (Å²) in [5, 5.41) is 14.2. The Hall–Kier alpha value is -1.02. The van der Waals surface area contributed by atoms with Crippen molar-refractivity contribution in [3.05, 3.63) is 16.1 Å². The van der Waals surface area contributed by atoms with Crippen molar-refractivity contribution in [2.45, 2.75) is 57.1 Å². The van der Waals surface area contributed by atoms with Gasteiger partial charge in [0.1, 0.15) is 10.6 Å². The third-order valence-corrected chi connectivity index (χ3v) is 7.18. The molecular formula is C20H31N3O3S. The quantitative estimate of drug-likeness (QED) is 0.851. The first kappa shape index (κ1) is 19.3. The van der Waals surface area contributed by atoms with Crippen molar-refractivity contribution in [2.75, 3.05) is 39.4 Å². The summed E-state index contributed by atoms with van der Waals surface area (Å²) < 4.78 is 5.40. The number of morpholine rings is 1. The highest BCUT2D eigenvalue weighted by molar-refractivity contribution is 7.09. The Balaban J connectivity index is 1.32. The van der Waals surface area contributed by atoms with E-state index in [1.807, 2.05) is 10.3 Å². The third-order valence-electron chi connectivity index (χ3n) is 6.35. The summed E-state index contributed by atoms with van der Waals surface area (Å²) >= 11 is 1.63. The van der Waals surface area contributed by atoms with E-state index in [4.69, 9.17) is 9.72 Å². The lowest BCUT2D eigenvalue weighted by Crippen LogP contribution is -2.47. The van der Waals surface area contributed by atoms with Crippen molar-refractivity contribution in [3.8, 4) is 0 Å². The first-order valence-electron chi connectivity index (χ1n) is 10.4. The molecule has 27 heavy (non-hydrogen) atoms. The van der Waals surface area contributed by atoms with Gasteiger partial charge in [0.05, 0.1) is 25.5 Å². The van der Waals surface area contributed by atoms with Gasteiger partial charge in [-0.1, -0.05) is 19.3 Å². The maximum absolute atomic E-state index is 12.7. The lowest BCUT2D eigenvalue weighted by molar-refractivity contribution is -0.141. The van der Waals surface area contributed by atoms with Crippen LogP contribution in [0.25, 0.3) is 0 Å². The molecule has 1 saturated carbocycles. The van der Waals surface area contributed by atoms with E-state index in [2.05, 4.69) is 4.90 Å². The molecule has 150 valence electrons. The van der Waals surface area contributed by atoms with Crippen molar-refractivity contribution in [1.29, 1.82) is 0 Å². The number of amides is 1. The number of aliphatic hydroxyl groups is 1. The van der Waals surface area contributed by atoms with Crippen molar-refractivity contribution in [3.63, 3.8) is 0 Å². The van der Waals surface area contributed by atoms with E-state index in [1.54, 1.807) is 11.3 Å². The van der Waals surface area contributed by atoms with Crippen LogP contribution in [0.2, 0.25) is 0 Å². The molecular weight excluding hydrogens is 362 g/mol. The van der Waals surface area contributed by atoms with E-state index in [0.29, 0.717) is 31.8 Å². The van der Waals surface area contributed by atoms with E-state index in [1.165, 1.54) is 19.3 Å². The monoisotopic (exact) mass is 393 g/mol. The molecule has 1 N–H and O–H groups in total. The van der Waals surface area contributed by atoms with E-state index in [9.17, 15) is 9.90 Å². The standard InChI is InChI=1S/C20H31N3O3S/c24-19(16-4-2-1-3-5-16)23-8-6-20(25,7-9-23)17-15-27-18(21-17)14-22-10-12-26-13-11-22/h15-16,25H,1-14H2. The fourth-order valence-corrected chi connectivity index (χ4v) is 5.44. The molecule has 2 saturated heterocycles. The summed E-state index contributed by atoms with van der Waals surface area (Å²) in [5.74, 6) is 0.521. The molecule has 6 nitrogen and oxygen atoms in total. The number of thiazole rings is 1. The molecule has 1 aromatic rings. The average Bonchev–Trinajstić information content (AvgIpc) is 3.19. The smallest absolute Gasteiger partial charge is 0.225 e. The van der Waals surface area contributed by atoms with Crippen LogP contribution in [-0.4, -0.2) is 65.2 Å². The van der Waals surface area contributed by atoms with Crippen LogP contribution in [0.15, 0.2) is 5.38 Å². The van der Waals surface area contributed by atoms with Crippen LogP contribution in [0.3, 0.4) is 0 Å². The van der Waals surface area contributed by atoms with Crippen molar-refractivity contribution >= 4 is 17.2 Å². The van der Waals surface area contributed by atoms with E-state index in [-0.39, 0.29) is 5.92 Å². The molecule has 3 heterocycles. The first-order chi connectivity index (χ1) is 13.1. The van der Waals surface area contributed by atoms with E-state index in [0.717, 1.165) is 56.4 Å². The number of nitrogens with zero attached hydrogens (tertiary/aromatic N) is 3. The first-order valence-corrected chi connectivity index (χ1v) is 11.3. The highest BCUT2D eigenvalue weighted by Gasteiger charge is 2.38. The Morgan fingerprint density at radius 2 is 1.89 bits per heavy atom. The molecule has 4 rings (SSSR count). The Bertz CT molecular complexity index is 630. The Labute approximate surface area is 165 Å². The lowest BCUT2D eigenvalue weighted by Gasteiger charge is -2.39. The molecule has 0 radical (unpaired) electrons. The Morgan fingerprint density at radius 1 is 1.19 bits per heavy atom. The Morgan fingerprint density at radius 3 is 2.59 bits per heavy atom. The van der Waals surface area contributed by atoms with Crippen LogP contribution < -0.4 is 0 Å². The van der Waals surface area contributed by atoms with Crippen LogP contribution in [0.4, 0.5) is 0 Å².